The van der Waals surface area contributed by atoms with Crippen LogP contribution in [0.2, 0.25) is 0 Å². The summed E-state index contributed by atoms with van der Waals surface area (Å²) in [5.74, 6) is 0.888. The molecule has 2 N–H and O–H groups in total. The van der Waals surface area contributed by atoms with E-state index in [0.29, 0.717) is 32.4 Å². The van der Waals surface area contributed by atoms with Crippen molar-refractivity contribution in [2.75, 3.05) is 11.9 Å². The number of hydrogen-bond acceptors (Lipinski definition) is 4. The predicted molar refractivity (Wildman–Crippen MR) is 99.0 cm³/mol. The number of amides is 2. The summed E-state index contributed by atoms with van der Waals surface area (Å²) in [6, 6.07) is 7.75. The molecule has 2 heterocycles. The topological polar surface area (TPSA) is 67.4 Å². The zero-order valence-corrected chi connectivity index (χ0v) is 15.1. The van der Waals surface area contributed by atoms with Crippen LogP contribution in [0.4, 0.5) is 5.69 Å². The highest BCUT2D eigenvalue weighted by atomic mass is 32.1. The molecule has 0 spiro atoms. The van der Waals surface area contributed by atoms with E-state index in [1.807, 2.05) is 23.6 Å². The van der Waals surface area contributed by atoms with Gasteiger partial charge in [-0.3, -0.25) is 9.59 Å². The normalized spacial score (nSPS) is 13.1. The second kappa shape index (κ2) is 8.16. The van der Waals surface area contributed by atoms with Gasteiger partial charge in [-0.05, 0) is 60.5 Å². The average molecular weight is 358 g/mol. The molecule has 0 aliphatic carbocycles. The molecular formula is C19H22N2O3S. The van der Waals surface area contributed by atoms with Crippen LogP contribution in [-0.2, 0) is 22.6 Å². The fourth-order valence-corrected chi connectivity index (χ4v) is 3.57. The van der Waals surface area contributed by atoms with Crippen LogP contribution in [0.15, 0.2) is 29.6 Å². The van der Waals surface area contributed by atoms with Gasteiger partial charge in [-0.1, -0.05) is 0 Å². The van der Waals surface area contributed by atoms with Gasteiger partial charge in [0.15, 0.2) is 0 Å². The van der Waals surface area contributed by atoms with Crippen LogP contribution in [0.5, 0.6) is 5.75 Å². The van der Waals surface area contributed by atoms with E-state index < -0.39 is 0 Å². The molecule has 6 heteroatoms. The Bertz CT molecular complexity index is 770. The lowest BCUT2D eigenvalue weighted by atomic mass is 10.0. The third-order valence-electron chi connectivity index (χ3n) is 4.20. The van der Waals surface area contributed by atoms with Crippen LogP contribution < -0.4 is 15.4 Å². The fraction of sp³-hybridized carbons (Fsp3) is 0.368. The summed E-state index contributed by atoms with van der Waals surface area (Å²) in [7, 11) is 0. The van der Waals surface area contributed by atoms with Gasteiger partial charge in [0, 0.05) is 23.4 Å². The minimum Gasteiger partial charge on any atom is -0.494 e. The molecule has 2 aromatic rings. The van der Waals surface area contributed by atoms with Crippen molar-refractivity contribution in [3.8, 4) is 5.75 Å². The van der Waals surface area contributed by atoms with E-state index in [9.17, 15) is 9.59 Å². The monoisotopic (exact) mass is 358 g/mol. The molecule has 0 saturated carbocycles. The van der Waals surface area contributed by atoms with Gasteiger partial charge in [-0.2, -0.15) is 0 Å². The van der Waals surface area contributed by atoms with Crippen molar-refractivity contribution in [1.82, 2.24) is 5.32 Å². The lowest BCUT2D eigenvalue weighted by Crippen LogP contribution is -2.22. The summed E-state index contributed by atoms with van der Waals surface area (Å²) in [6.45, 7) is 3.15. The van der Waals surface area contributed by atoms with E-state index in [0.717, 1.165) is 23.4 Å². The molecule has 2 amide bonds. The molecule has 0 atom stereocenters. The average Bonchev–Trinajstić information content (AvgIpc) is 3.02. The Balaban J connectivity index is 1.37. The molecule has 25 heavy (non-hydrogen) atoms. The first kappa shape index (κ1) is 17.5. The lowest BCUT2D eigenvalue weighted by Gasteiger charge is -2.17. The smallest absolute Gasteiger partial charge is 0.224 e. The van der Waals surface area contributed by atoms with Gasteiger partial charge in [-0.25, -0.2) is 0 Å². The number of carbonyl (C=O) groups excluding carboxylic acids is 2. The maximum atomic E-state index is 11.9. The number of hydrogen-bond donors (Lipinski definition) is 2. The maximum absolute atomic E-state index is 11.9. The minimum absolute atomic E-state index is 0.0459. The molecule has 3 rings (SSSR count). The molecule has 0 bridgehead atoms. The van der Waals surface area contributed by atoms with Gasteiger partial charge in [0.05, 0.1) is 13.2 Å². The van der Waals surface area contributed by atoms with Crippen LogP contribution in [0.3, 0.4) is 0 Å². The number of ether oxygens (including phenoxy) is 1. The second-order valence-corrected chi connectivity index (χ2v) is 7.12. The van der Waals surface area contributed by atoms with E-state index in [1.54, 1.807) is 11.3 Å². The Morgan fingerprint density at radius 2 is 2.20 bits per heavy atom. The van der Waals surface area contributed by atoms with Crippen molar-refractivity contribution in [3.05, 3.63) is 45.6 Å². The Labute approximate surface area is 151 Å². The van der Waals surface area contributed by atoms with Gasteiger partial charge in [0.1, 0.15) is 5.75 Å². The highest BCUT2D eigenvalue weighted by molar-refractivity contribution is 7.10. The molecule has 0 fully saturated rings. The van der Waals surface area contributed by atoms with Crippen molar-refractivity contribution in [2.45, 2.75) is 39.2 Å². The van der Waals surface area contributed by atoms with Gasteiger partial charge in [-0.15, -0.1) is 11.3 Å². The molecule has 1 aliphatic rings. The Hall–Kier alpha value is -2.34. The number of anilines is 1. The zero-order valence-electron chi connectivity index (χ0n) is 14.3. The predicted octanol–water partition coefficient (Wildman–Crippen LogP) is 3.42. The molecule has 0 unspecified atom stereocenters. The second-order valence-electron chi connectivity index (χ2n) is 6.12. The third kappa shape index (κ3) is 4.82. The minimum atomic E-state index is 0.0459. The molecule has 0 radical (unpaired) electrons. The standard InChI is InChI=1S/C19H22N2O3S/c1-13-8-10-25-17(13)12-20-18(22)3-2-9-24-15-5-6-16-14(11-15)4-7-19(23)21-16/h5-6,8,10-11H,2-4,7,9,12H2,1H3,(H,20,22)(H,21,23). The van der Waals surface area contributed by atoms with Gasteiger partial charge >= 0.3 is 0 Å². The number of rotatable bonds is 7. The summed E-state index contributed by atoms with van der Waals surface area (Å²) < 4.78 is 5.73. The number of carbonyl (C=O) groups is 2. The van der Waals surface area contributed by atoms with Crippen molar-refractivity contribution in [2.24, 2.45) is 0 Å². The molecule has 5 nitrogen and oxygen atoms in total. The zero-order chi connectivity index (χ0) is 17.6. The lowest BCUT2D eigenvalue weighted by molar-refractivity contribution is -0.121. The largest absolute Gasteiger partial charge is 0.494 e. The number of aryl methyl sites for hydroxylation is 2. The summed E-state index contributed by atoms with van der Waals surface area (Å²) in [4.78, 5) is 24.4. The SMILES string of the molecule is Cc1ccsc1CNC(=O)CCCOc1ccc2c(c1)CCC(=O)N2. The van der Waals surface area contributed by atoms with Crippen molar-refractivity contribution in [1.29, 1.82) is 0 Å². The molecular weight excluding hydrogens is 336 g/mol. The number of fused-ring (bicyclic) bond motifs is 1. The van der Waals surface area contributed by atoms with Crippen LogP contribution in [0.1, 0.15) is 35.3 Å². The first-order chi connectivity index (χ1) is 12.1. The fourth-order valence-electron chi connectivity index (χ4n) is 2.72. The summed E-state index contributed by atoms with van der Waals surface area (Å²) in [6.07, 6.45) is 2.37. The summed E-state index contributed by atoms with van der Waals surface area (Å²) >= 11 is 1.66. The molecule has 1 aromatic carbocycles. The molecule has 132 valence electrons. The van der Waals surface area contributed by atoms with E-state index in [-0.39, 0.29) is 11.8 Å². The van der Waals surface area contributed by atoms with Crippen molar-refractivity contribution >= 4 is 28.8 Å². The number of nitrogens with one attached hydrogen (secondary N) is 2. The Kier molecular flexibility index (Phi) is 5.71. The maximum Gasteiger partial charge on any atom is 0.224 e. The van der Waals surface area contributed by atoms with Gasteiger partial charge in [0.2, 0.25) is 11.8 Å². The van der Waals surface area contributed by atoms with Crippen molar-refractivity contribution in [3.63, 3.8) is 0 Å². The molecule has 1 aliphatic heterocycles. The van der Waals surface area contributed by atoms with Crippen molar-refractivity contribution < 1.29 is 14.3 Å². The summed E-state index contributed by atoms with van der Waals surface area (Å²) in [5.41, 5.74) is 3.19. The van der Waals surface area contributed by atoms with Crippen LogP contribution >= 0.6 is 11.3 Å². The highest BCUT2D eigenvalue weighted by Crippen LogP contribution is 2.26. The van der Waals surface area contributed by atoms with Crippen LogP contribution in [-0.4, -0.2) is 18.4 Å². The van der Waals surface area contributed by atoms with Gasteiger partial charge < -0.3 is 15.4 Å². The quantitative estimate of drug-likeness (QED) is 0.745. The van der Waals surface area contributed by atoms with E-state index >= 15 is 0 Å². The van der Waals surface area contributed by atoms with E-state index in [2.05, 4.69) is 23.6 Å². The molecule has 1 aromatic heterocycles. The first-order valence-electron chi connectivity index (χ1n) is 8.47. The third-order valence-corrected chi connectivity index (χ3v) is 5.23. The number of thiophene rings is 1. The van der Waals surface area contributed by atoms with E-state index in [4.69, 9.17) is 4.74 Å². The van der Waals surface area contributed by atoms with E-state index in [1.165, 1.54) is 10.4 Å². The van der Waals surface area contributed by atoms with Gasteiger partial charge in [0.25, 0.3) is 0 Å². The first-order valence-corrected chi connectivity index (χ1v) is 9.35. The molecule has 0 saturated heterocycles. The van der Waals surface area contributed by atoms with Crippen LogP contribution in [0.25, 0.3) is 0 Å². The van der Waals surface area contributed by atoms with Crippen LogP contribution in [0, 0.1) is 6.92 Å². The summed E-state index contributed by atoms with van der Waals surface area (Å²) in [5, 5.41) is 7.83. The Morgan fingerprint density at radius 1 is 1.32 bits per heavy atom. The Morgan fingerprint density at radius 3 is 3.00 bits per heavy atom. The number of benzene rings is 1. The highest BCUT2D eigenvalue weighted by Gasteiger charge is 2.15.